The monoisotopic (exact) mass is 240 g/mol. The lowest BCUT2D eigenvalue weighted by atomic mass is 9.90. The highest BCUT2D eigenvalue weighted by Gasteiger charge is 2.32. The molecule has 0 radical (unpaired) electrons. The maximum absolute atomic E-state index is 11.9. The molecule has 0 aliphatic carbocycles. The van der Waals surface area contributed by atoms with Crippen LogP contribution in [0.15, 0.2) is 12.1 Å². The molecule has 1 unspecified atom stereocenters. The van der Waals surface area contributed by atoms with Crippen LogP contribution in [0.25, 0.3) is 0 Å². The molecule has 18 heavy (non-hydrogen) atoms. The van der Waals surface area contributed by atoms with E-state index in [0.717, 1.165) is 42.6 Å². The lowest BCUT2D eigenvalue weighted by Gasteiger charge is -2.26. The van der Waals surface area contributed by atoms with Crippen molar-refractivity contribution in [3.8, 4) is 6.07 Å². The highest BCUT2D eigenvalue weighted by molar-refractivity contribution is 6.02. The van der Waals surface area contributed by atoms with Crippen LogP contribution in [0.4, 0.5) is 5.69 Å². The Morgan fingerprint density at radius 3 is 2.94 bits per heavy atom. The summed E-state index contributed by atoms with van der Waals surface area (Å²) in [6, 6.07) is 6.56. The van der Waals surface area contributed by atoms with E-state index in [-0.39, 0.29) is 11.8 Å². The van der Waals surface area contributed by atoms with Crippen LogP contribution in [-0.2, 0) is 17.6 Å². The third kappa shape index (κ3) is 1.53. The molecule has 1 aromatic rings. The zero-order valence-electron chi connectivity index (χ0n) is 10.6. The standard InChI is InChI=1S/C15H16N2O/c1-2-10(9-16)12-6-11-4-3-5-17-14(18)8-13(7-12)15(11)17/h6-7,10H,2-5,8H2,1H3. The summed E-state index contributed by atoms with van der Waals surface area (Å²) in [7, 11) is 0. The van der Waals surface area contributed by atoms with Crippen molar-refractivity contribution < 1.29 is 4.79 Å². The molecule has 0 bridgehead atoms. The van der Waals surface area contributed by atoms with Gasteiger partial charge in [0, 0.05) is 6.54 Å². The summed E-state index contributed by atoms with van der Waals surface area (Å²) in [5.74, 6) is 0.172. The Morgan fingerprint density at radius 1 is 1.44 bits per heavy atom. The SMILES string of the molecule is CCC(C#N)c1cc2c3c(c1)CC(=O)N3CCC2. The molecule has 1 amide bonds. The fourth-order valence-corrected chi connectivity index (χ4v) is 3.11. The fourth-order valence-electron chi connectivity index (χ4n) is 3.11. The molecule has 2 aliphatic heterocycles. The van der Waals surface area contributed by atoms with E-state index >= 15 is 0 Å². The molecular weight excluding hydrogens is 224 g/mol. The van der Waals surface area contributed by atoms with E-state index in [2.05, 4.69) is 18.2 Å². The first-order chi connectivity index (χ1) is 8.74. The van der Waals surface area contributed by atoms with Crippen molar-refractivity contribution in [1.29, 1.82) is 5.26 Å². The van der Waals surface area contributed by atoms with Crippen molar-refractivity contribution in [3.63, 3.8) is 0 Å². The van der Waals surface area contributed by atoms with Gasteiger partial charge in [-0.3, -0.25) is 4.79 Å². The average molecular weight is 240 g/mol. The number of hydrogen-bond acceptors (Lipinski definition) is 2. The third-order valence-corrected chi connectivity index (χ3v) is 4.00. The van der Waals surface area contributed by atoms with Gasteiger partial charge in [-0.25, -0.2) is 0 Å². The molecule has 2 aliphatic rings. The van der Waals surface area contributed by atoms with Crippen molar-refractivity contribution in [3.05, 3.63) is 28.8 Å². The van der Waals surface area contributed by atoms with Gasteiger partial charge in [-0.1, -0.05) is 19.1 Å². The van der Waals surface area contributed by atoms with Gasteiger partial charge in [-0.05, 0) is 36.0 Å². The number of benzene rings is 1. The second-order valence-corrected chi connectivity index (χ2v) is 5.10. The summed E-state index contributed by atoms with van der Waals surface area (Å²) in [5, 5.41) is 9.18. The molecule has 3 heteroatoms. The van der Waals surface area contributed by atoms with Crippen LogP contribution < -0.4 is 4.90 Å². The second kappa shape index (κ2) is 4.13. The molecule has 0 fully saturated rings. The zero-order chi connectivity index (χ0) is 12.7. The maximum atomic E-state index is 11.9. The first-order valence-electron chi connectivity index (χ1n) is 6.60. The molecule has 3 rings (SSSR count). The Bertz CT molecular complexity index is 556. The Kier molecular flexibility index (Phi) is 2.59. The van der Waals surface area contributed by atoms with Crippen LogP contribution in [0.3, 0.4) is 0 Å². The number of hydrogen-bond donors (Lipinski definition) is 0. The quantitative estimate of drug-likeness (QED) is 0.797. The highest BCUT2D eigenvalue weighted by Crippen LogP contribution is 2.39. The summed E-state index contributed by atoms with van der Waals surface area (Å²) < 4.78 is 0. The number of nitriles is 1. The molecule has 1 aromatic carbocycles. The van der Waals surface area contributed by atoms with E-state index in [1.54, 1.807) is 0 Å². The van der Waals surface area contributed by atoms with Crippen molar-refractivity contribution in [1.82, 2.24) is 0 Å². The number of carbonyl (C=O) groups excluding carboxylic acids is 1. The summed E-state index contributed by atoms with van der Waals surface area (Å²) in [6.45, 7) is 2.89. The van der Waals surface area contributed by atoms with Gasteiger partial charge in [0.1, 0.15) is 0 Å². The minimum atomic E-state index is -0.0439. The lowest BCUT2D eigenvalue weighted by molar-refractivity contribution is -0.117. The maximum Gasteiger partial charge on any atom is 0.231 e. The molecule has 2 heterocycles. The normalized spacial score (nSPS) is 18.4. The van der Waals surface area contributed by atoms with Crippen LogP contribution in [0.5, 0.6) is 0 Å². The molecule has 0 spiro atoms. The van der Waals surface area contributed by atoms with Crippen LogP contribution in [0.1, 0.15) is 42.4 Å². The molecule has 0 N–H and O–H groups in total. The highest BCUT2D eigenvalue weighted by atomic mass is 16.2. The van der Waals surface area contributed by atoms with Gasteiger partial charge in [-0.15, -0.1) is 0 Å². The van der Waals surface area contributed by atoms with Crippen LogP contribution >= 0.6 is 0 Å². The van der Waals surface area contributed by atoms with Gasteiger partial charge in [0.2, 0.25) is 5.91 Å². The number of anilines is 1. The summed E-state index contributed by atoms with van der Waals surface area (Å²) in [5.41, 5.74) is 4.61. The number of amides is 1. The topological polar surface area (TPSA) is 44.1 Å². The van der Waals surface area contributed by atoms with Crippen molar-refractivity contribution in [2.24, 2.45) is 0 Å². The van der Waals surface area contributed by atoms with E-state index in [0.29, 0.717) is 6.42 Å². The summed E-state index contributed by atoms with van der Waals surface area (Å²) in [4.78, 5) is 13.9. The molecule has 0 aromatic heterocycles. The van der Waals surface area contributed by atoms with Gasteiger partial charge >= 0.3 is 0 Å². The molecule has 0 saturated carbocycles. The third-order valence-electron chi connectivity index (χ3n) is 4.00. The van der Waals surface area contributed by atoms with Crippen molar-refractivity contribution in [2.45, 2.75) is 38.5 Å². The Morgan fingerprint density at radius 2 is 2.22 bits per heavy atom. The average Bonchev–Trinajstić information content (AvgIpc) is 2.70. The number of rotatable bonds is 2. The van der Waals surface area contributed by atoms with E-state index in [1.165, 1.54) is 5.56 Å². The molecule has 3 nitrogen and oxygen atoms in total. The molecular formula is C15H16N2O. The summed E-state index contributed by atoms with van der Waals surface area (Å²) in [6.07, 6.45) is 3.40. The van der Waals surface area contributed by atoms with Gasteiger partial charge < -0.3 is 4.90 Å². The molecule has 92 valence electrons. The van der Waals surface area contributed by atoms with Crippen molar-refractivity contribution in [2.75, 3.05) is 11.4 Å². The first kappa shape index (κ1) is 11.3. The lowest BCUT2D eigenvalue weighted by Crippen LogP contribution is -2.31. The molecule has 1 atom stereocenters. The number of nitrogens with zero attached hydrogens (tertiary/aromatic N) is 2. The first-order valence-corrected chi connectivity index (χ1v) is 6.60. The summed E-state index contributed by atoms with van der Waals surface area (Å²) >= 11 is 0. The Balaban J connectivity index is 2.12. The second-order valence-electron chi connectivity index (χ2n) is 5.10. The molecule has 0 saturated heterocycles. The van der Waals surface area contributed by atoms with E-state index in [1.807, 2.05) is 11.8 Å². The van der Waals surface area contributed by atoms with Gasteiger partial charge in [0.25, 0.3) is 0 Å². The van der Waals surface area contributed by atoms with Crippen molar-refractivity contribution >= 4 is 11.6 Å². The van der Waals surface area contributed by atoms with Crippen LogP contribution in [0.2, 0.25) is 0 Å². The van der Waals surface area contributed by atoms with E-state index < -0.39 is 0 Å². The Hall–Kier alpha value is -1.82. The largest absolute Gasteiger partial charge is 0.312 e. The van der Waals surface area contributed by atoms with Crippen LogP contribution in [-0.4, -0.2) is 12.5 Å². The fraction of sp³-hybridized carbons (Fsp3) is 0.467. The van der Waals surface area contributed by atoms with E-state index in [4.69, 9.17) is 0 Å². The number of aryl methyl sites for hydroxylation is 1. The number of carbonyl (C=O) groups is 1. The van der Waals surface area contributed by atoms with Gasteiger partial charge in [-0.2, -0.15) is 5.26 Å². The minimum Gasteiger partial charge on any atom is -0.312 e. The predicted molar refractivity (Wildman–Crippen MR) is 69.5 cm³/mol. The van der Waals surface area contributed by atoms with E-state index in [9.17, 15) is 10.1 Å². The van der Waals surface area contributed by atoms with Crippen LogP contribution in [0, 0.1) is 11.3 Å². The predicted octanol–water partition coefficient (Wildman–Crippen LogP) is 2.54. The smallest absolute Gasteiger partial charge is 0.231 e. The van der Waals surface area contributed by atoms with Gasteiger partial charge in [0.05, 0.1) is 24.1 Å². The zero-order valence-corrected chi connectivity index (χ0v) is 10.6. The van der Waals surface area contributed by atoms with Gasteiger partial charge in [0.15, 0.2) is 0 Å². The Labute approximate surface area is 107 Å². The minimum absolute atomic E-state index is 0.0439.